The number of carbonyl (C=O) groups excluding carboxylic acids is 2. The summed E-state index contributed by atoms with van der Waals surface area (Å²) in [5.41, 5.74) is 0.784. The van der Waals surface area contributed by atoms with Gasteiger partial charge in [-0.05, 0) is 30.0 Å². The lowest BCUT2D eigenvalue weighted by molar-refractivity contribution is -0.122. The monoisotopic (exact) mass is 232 g/mol. The van der Waals surface area contributed by atoms with Crippen molar-refractivity contribution in [1.29, 1.82) is 0 Å². The molecule has 0 aliphatic carbocycles. The van der Waals surface area contributed by atoms with Gasteiger partial charge in [-0.1, -0.05) is 5.92 Å². The summed E-state index contributed by atoms with van der Waals surface area (Å²) >= 11 is 0.903. The standard InChI is InChI=1S/C11H8N2O2S/c1-2-6-13-10(14)9(16-11(13)15)7-8-4-3-5-12-8/h1,3-5,7,12H,6H2/b9-7-. The Balaban J connectivity index is 2.24. The first-order chi connectivity index (χ1) is 7.72. The maximum absolute atomic E-state index is 11.7. The zero-order valence-electron chi connectivity index (χ0n) is 8.27. The summed E-state index contributed by atoms with van der Waals surface area (Å²) in [6, 6.07) is 3.63. The van der Waals surface area contributed by atoms with E-state index < -0.39 is 0 Å². The van der Waals surface area contributed by atoms with Crippen LogP contribution in [0, 0.1) is 12.3 Å². The van der Waals surface area contributed by atoms with Crippen LogP contribution in [0.2, 0.25) is 0 Å². The summed E-state index contributed by atoms with van der Waals surface area (Å²) in [5.74, 6) is 1.95. The molecular formula is C11H8N2O2S. The lowest BCUT2D eigenvalue weighted by atomic mass is 10.3. The summed E-state index contributed by atoms with van der Waals surface area (Å²) in [7, 11) is 0. The molecule has 16 heavy (non-hydrogen) atoms. The molecule has 0 unspecified atom stereocenters. The Morgan fingerprint density at radius 2 is 2.38 bits per heavy atom. The Hall–Kier alpha value is -1.93. The highest BCUT2D eigenvalue weighted by molar-refractivity contribution is 8.18. The van der Waals surface area contributed by atoms with Crippen LogP contribution in [0.1, 0.15) is 5.69 Å². The summed E-state index contributed by atoms with van der Waals surface area (Å²) in [6.07, 6.45) is 8.47. The number of nitrogens with zero attached hydrogens (tertiary/aromatic N) is 1. The maximum atomic E-state index is 11.7. The minimum Gasteiger partial charge on any atom is -0.362 e. The molecule has 2 heterocycles. The van der Waals surface area contributed by atoms with Crippen LogP contribution >= 0.6 is 11.8 Å². The van der Waals surface area contributed by atoms with Crippen molar-refractivity contribution in [2.24, 2.45) is 0 Å². The molecule has 0 aromatic carbocycles. The Kier molecular flexibility index (Phi) is 2.84. The molecule has 2 amide bonds. The van der Waals surface area contributed by atoms with Crippen molar-refractivity contribution in [2.45, 2.75) is 0 Å². The predicted octanol–water partition coefficient (Wildman–Crippen LogP) is 1.68. The fourth-order valence-electron chi connectivity index (χ4n) is 1.30. The average Bonchev–Trinajstić information content (AvgIpc) is 2.84. The van der Waals surface area contributed by atoms with Crippen molar-refractivity contribution in [3.8, 4) is 12.3 Å². The van der Waals surface area contributed by atoms with Gasteiger partial charge in [0.1, 0.15) is 0 Å². The number of H-pyrrole nitrogens is 1. The van der Waals surface area contributed by atoms with E-state index in [1.54, 1.807) is 12.3 Å². The molecule has 5 heteroatoms. The van der Waals surface area contributed by atoms with Gasteiger partial charge in [-0.25, -0.2) is 0 Å². The van der Waals surface area contributed by atoms with E-state index in [0.29, 0.717) is 4.91 Å². The van der Waals surface area contributed by atoms with Crippen molar-refractivity contribution in [3.63, 3.8) is 0 Å². The van der Waals surface area contributed by atoms with Crippen LogP contribution in [0.4, 0.5) is 4.79 Å². The van der Waals surface area contributed by atoms with Crippen LogP contribution in [0.25, 0.3) is 6.08 Å². The Morgan fingerprint density at radius 3 is 3.00 bits per heavy atom. The minimum absolute atomic E-state index is 0.0206. The van der Waals surface area contributed by atoms with E-state index in [4.69, 9.17) is 6.42 Å². The third-order valence-electron chi connectivity index (χ3n) is 2.03. The first-order valence-corrected chi connectivity index (χ1v) is 5.36. The maximum Gasteiger partial charge on any atom is 0.294 e. The zero-order chi connectivity index (χ0) is 11.5. The van der Waals surface area contributed by atoms with Crippen molar-refractivity contribution in [1.82, 2.24) is 9.88 Å². The van der Waals surface area contributed by atoms with Gasteiger partial charge < -0.3 is 4.98 Å². The van der Waals surface area contributed by atoms with E-state index in [1.165, 1.54) is 0 Å². The predicted molar refractivity (Wildman–Crippen MR) is 62.3 cm³/mol. The largest absolute Gasteiger partial charge is 0.362 e. The number of nitrogens with one attached hydrogen (secondary N) is 1. The smallest absolute Gasteiger partial charge is 0.294 e. The number of carbonyl (C=O) groups is 2. The van der Waals surface area contributed by atoms with Gasteiger partial charge in [0, 0.05) is 11.9 Å². The van der Waals surface area contributed by atoms with Gasteiger partial charge in [0.2, 0.25) is 0 Å². The number of rotatable bonds is 2. The minimum atomic E-state index is -0.331. The first kappa shape index (κ1) is 10.6. The third-order valence-corrected chi connectivity index (χ3v) is 2.94. The molecule has 0 spiro atoms. The molecule has 1 aromatic heterocycles. The van der Waals surface area contributed by atoms with Crippen LogP contribution in [-0.4, -0.2) is 27.6 Å². The summed E-state index contributed by atoms with van der Waals surface area (Å²) in [4.78, 5) is 27.6. The quantitative estimate of drug-likeness (QED) is 0.623. The molecule has 1 fully saturated rings. The van der Waals surface area contributed by atoms with E-state index >= 15 is 0 Å². The Bertz CT molecular complexity index is 497. The van der Waals surface area contributed by atoms with Crippen LogP contribution < -0.4 is 0 Å². The van der Waals surface area contributed by atoms with Gasteiger partial charge in [0.25, 0.3) is 11.1 Å². The third kappa shape index (κ3) is 1.88. The number of hydrogen-bond acceptors (Lipinski definition) is 3. The number of thioether (sulfide) groups is 1. The molecule has 1 N–H and O–H groups in total. The van der Waals surface area contributed by atoms with Crippen LogP contribution in [0.3, 0.4) is 0 Å². The first-order valence-electron chi connectivity index (χ1n) is 4.54. The molecule has 1 saturated heterocycles. The normalized spacial score (nSPS) is 18.2. The van der Waals surface area contributed by atoms with Crippen molar-refractivity contribution in [3.05, 3.63) is 28.9 Å². The number of hydrogen-bond donors (Lipinski definition) is 1. The van der Waals surface area contributed by atoms with Gasteiger partial charge in [0.05, 0.1) is 11.4 Å². The van der Waals surface area contributed by atoms with E-state index in [-0.39, 0.29) is 17.7 Å². The van der Waals surface area contributed by atoms with Gasteiger partial charge in [-0.15, -0.1) is 6.42 Å². The number of amides is 2. The van der Waals surface area contributed by atoms with Crippen molar-refractivity contribution >= 4 is 29.0 Å². The fourth-order valence-corrected chi connectivity index (χ4v) is 2.13. The molecule has 80 valence electrons. The summed E-state index contributed by atoms with van der Waals surface area (Å²) in [5, 5.41) is -0.319. The van der Waals surface area contributed by atoms with Gasteiger partial charge in [-0.2, -0.15) is 0 Å². The lowest BCUT2D eigenvalue weighted by Crippen LogP contribution is -2.28. The SMILES string of the molecule is C#CCN1C(=O)S/C(=C\c2ccc[nH]2)C1=O. The number of aromatic amines is 1. The molecule has 1 aliphatic rings. The van der Waals surface area contributed by atoms with Crippen molar-refractivity contribution in [2.75, 3.05) is 6.54 Å². The molecule has 4 nitrogen and oxygen atoms in total. The Labute approximate surface area is 96.7 Å². The van der Waals surface area contributed by atoms with Gasteiger partial charge in [-0.3, -0.25) is 14.5 Å². The zero-order valence-corrected chi connectivity index (χ0v) is 9.08. The van der Waals surface area contributed by atoms with E-state index in [2.05, 4.69) is 10.9 Å². The summed E-state index contributed by atoms with van der Waals surface area (Å²) in [6.45, 7) is 0.0206. The second kappa shape index (κ2) is 4.29. The highest BCUT2D eigenvalue weighted by Crippen LogP contribution is 2.31. The van der Waals surface area contributed by atoms with Crippen molar-refractivity contribution < 1.29 is 9.59 Å². The van der Waals surface area contributed by atoms with Gasteiger partial charge in [0.15, 0.2) is 0 Å². The molecule has 0 bridgehead atoms. The second-order valence-electron chi connectivity index (χ2n) is 3.10. The second-order valence-corrected chi connectivity index (χ2v) is 4.09. The van der Waals surface area contributed by atoms with E-state index in [1.807, 2.05) is 12.1 Å². The topological polar surface area (TPSA) is 53.2 Å². The fraction of sp³-hybridized carbons (Fsp3) is 0.0909. The summed E-state index contributed by atoms with van der Waals surface area (Å²) < 4.78 is 0. The average molecular weight is 232 g/mol. The molecule has 1 aliphatic heterocycles. The van der Waals surface area contributed by atoms with E-state index in [0.717, 1.165) is 22.4 Å². The number of terminal acetylenes is 1. The number of aromatic nitrogens is 1. The van der Waals surface area contributed by atoms with Crippen LogP contribution in [0.15, 0.2) is 23.2 Å². The molecule has 2 rings (SSSR count). The lowest BCUT2D eigenvalue weighted by Gasteiger charge is -2.06. The number of imide groups is 1. The van der Waals surface area contributed by atoms with Crippen LogP contribution in [0.5, 0.6) is 0 Å². The van der Waals surface area contributed by atoms with Gasteiger partial charge >= 0.3 is 0 Å². The highest BCUT2D eigenvalue weighted by atomic mass is 32.2. The molecule has 0 atom stereocenters. The Morgan fingerprint density at radius 1 is 1.56 bits per heavy atom. The van der Waals surface area contributed by atoms with E-state index in [9.17, 15) is 9.59 Å². The highest BCUT2D eigenvalue weighted by Gasteiger charge is 2.34. The molecule has 0 radical (unpaired) electrons. The molecule has 1 aromatic rings. The van der Waals surface area contributed by atoms with Crippen LogP contribution in [-0.2, 0) is 4.79 Å². The molecular weight excluding hydrogens is 224 g/mol. The molecule has 0 saturated carbocycles.